The lowest BCUT2D eigenvalue weighted by Crippen LogP contribution is -2.01. The number of aliphatic carboxylic acids is 1. The number of ether oxygens (including phenoxy) is 2. The van der Waals surface area contributed by atoms with E-state index in [2.05, 4.69) is 0 Å². The zero-order valence-electron chi connectivity index (χ0n) is 10.2. The fraction of sp³-hybridized carbons (Fsp3) is 0.462. The number of methoxy groups -OCH3 is 2. The van der Waals surface area contributed by atoms with Crippen LogP contribution in [0.5, 0.6) is 11.5 Å². The maximum atomic E-state index is 10.9. The van der Waals surface area contributed by atoms with Crippen LogP contribution in [0.4, 0.5) is 0 Å². The molecule has 2 atom stereocenters. The molecule has 0 amide bonds. The second kappa shape index (κ2) is 4.28. The lowest BCUT2D eigenvalue weighted by molar-refractivity contribution is -0.138. The lowest BCUT2D eigenvalue weighted by Gasteiger charge is -2.14. The average Bonchev–Trinajstić information content (AvgIpc) is 3.08. The van der Waals surface area contributed by atoms with Crippen LogP contribution in [0.2, 0.25) is 0 Å². The molecule has 1 aliphatic carbocycles. The second-order valence-electron chi connectivity index (χ2n) is 4.30. The van der Waals surface area contributed by atoms with Gasteiger partial charge >= 0.3 is 5.97 Å². The van der Waals surface area contributed by atoms with Crippen molar-refractivity contribution in [3.63, 3.8) is 0 Å². The molecule has 1 aromatic carbocycles. The summed E-state index contributed by atoms with van der Waals surface area (Å²) in [4.78, 5) is 10.9. The Morgan fingerprint density at radius 3 is 2.53 bits per heavy atom. The van der Waals surface area contributed by atoms with Gasteiger partial charge in [0.05, 0.1) is 20.1 Å². The van der Waals surface area contributed by atoms with Crippen LogP contribution in [0.15, 0.2) is 12.1 Å². The van der Waals surface area contributed by atoms with Crippen molar-refractivity contribution in [3.8, 4) is 11.5 Å². The fourth-order valence-corrected chi connectivity index (χ4v) is 2.29. The zero-order chi connectivity index (χ0) is 12.6. The number of carboxylic acid groups (broad SMARTS) is 1. The number of rotatable bonds is 4. The van der Waals surface area contributed by atoms with E-state index in [1.807, 2.05) is 19.1 Å². The first-order valence-electron chi connectivity index (χ1n) is 5.54. The predicted molar refractivity (Wildman–Crippen MR) is 62.8 cm³/mol. The van der Waals surface area contributed by atoms with Gasteiger partial charge in [0.1, 0.15) is 11.5 Å². The Kier molecular flexibility index (Phi) is 2.96. The Morgan fingerprint density at radius 1 is 1.35 bits per heavy atom. The Hall–Kier alpha value is -1.71. The summed E-state index contributed by atoms with van der Waals surface area (Å²) in [6.07, 6.45) is 0.692. The van der Waals surface area contributed by atoms with E-state index in [1.165, 1.54) is 0 Å². The molecule has 0 saturated heterocycles. The summed E-state index contributed by atoms with van der Waals surface area (Å²) < 4.78 is 10.6. The molecular formula is C13H16O4. The third-order valence-electron chi connectivity index (χ3n) is 3.32. The van der Waals surface area contributed by atoms with E-state index >= 15 is 0 Å². The molecule has 0 radical (unpaired) electrons. The number of hydrogen-bond donors (Lipinski definition) is 1. The first-order valence-corrected chi connectivity index (χ1v) is 5.54. The quantitative estimate of drug-likeness (QED) is 0.870. The largest absolute Gasteiger partial charge is 0.496 e. The van der Waals surface area contributed by atoms with Crippen LogP contribution in [-0.4, -0.2) is 25.3 Å². The lowest BCUT2D eigenvalue weighted by atomic mass is 10.0. The van der Waals surface area contributed by atoms with Crippen molar-refractivity contribution < 1.29 is 19.4 Å². The topological polar surface area (TPSA) is 55.8 Å². The summed E-state index contributed by atoms with van der Waals surface area (Å²) in [6, 6.07) is 3.77. The summed E-state index contributed by atoms with van der Waals surface area (Å²) in [5, 5.41) is 8.95. The second-order valence-corrected chi connectivity index (χ2v) is 4.30. The van der Waals surface area contributed by atoms with Crippen LogP contribution in [0.25, 0.3) is 0 Å². The van der Waals surface area contributed by atoms with Gasteiger partial charge in [0.2, 0.25) is 0 Å². The number of hydrogen-bond acceptors (Lipinski definition) is 3. The zero-order valence-corrected chi connectivity index (χ0v) is 10.2. The SMILES string of the molecule is COc1ccc(C2CC2C(=O)O)c(OC)c1C. The number of carbonyl (C=O) groups is 1. The van der Waals surface area contributed by atoms with E-state index in [0.717, 1.165) is 22.6 Å². The first-order chi connectivity index (χ1) is 8.10. The molecule has 1 fully saturated rings. The molecule has 0 aromatic heterocycles. The highest BCUT2D eigenvalue weighted by atomic mass is 16.5. The Bertz CT molecular complexity index is 453. The maximum absolute atomic E-state index is 10.9. The minimum absolute atomic E-state index is 0.0760. The van der Waals surface area contributed by atoms with Crippen LogP contribution in [0.3, 0.4) is 0 Å². The summed E-state index contributed by atoms with van der Waals surface area (Å²) >= 11 is 0. The maximum Gasteiger partial charge on any atom is 0.307 e. The highest BCUT2D eigenvalue weighted by Crippen LogP contribution is 2.52. The molecule has 0 heterocycles. The van der Waals surface area contributed by atoms with Gasteiger partial charge in [-0.2, -0.15) is 0 Å². The molecule has 1 N–H and O–H groups in total. The summed E-state index contributed by atoms with van der Waals surface area (Å²) in [5.74, 6) is 0.588. The molecule has 4 heteroatoms. The molecule has 0 spiro atoms. The van der Waals surface area contributed by atoms with Crippen molar-refractivity contribution in [3.05, 3.63) is 23.3 Å². The molecule has 2 rings (SSSR count). The fourth-order valence-electron chi connectivity index (χ4n) is 2.29. The van der Waals surface area contributed by atoms with Crippen LogP contribution in [0.1, 0.15) is 23.5 Å². The van der Waals surface area contributed by atoms with Crippen LogP contribution < -0.4 is 9.47 Å². The standard InChI is InChI=1S/C13H16O4/c1-7-11(16-2)5-4-8(12(7)17-3)9-6-10(9)13(14)15/h4-5,9-10H,6H2,1-3H3,(H,14,15). The summed E-state index contributed by atoms with van der Waals surface area (Å²) in [5.41, 5.74) is 1.89. The number of carboxylic acids is 1. The molecule has 2 unspecified atom stereocenters. The summed E-state index contributed by atoms with van der Waals surface area (Å²) in [6.45, 7) is 1.92. The van der Waals surface area contributed by atoms with Crippen molar-refractivity contribution in [1.82, 2.24) is 0 Å². The molecule has 92 valence electrons. The highest BCUT2D eigenvalue weighted by molar-refractivity contribution is 5.76. The van der Waals surface area contributed by atoms with Gasteiger partial charge in [0.25, 0.3) is 0 Å². The average molecular weight is 236 g/mol. The van der Waals surface area contributed by atoms with Gasteiger partial charge in [0, 0.05) is 11.5 Å². The Morgan fingerprint density at radius 2 is 2.06 bits per heavy atom. The van der Waals surface area contributed by atoms with Crippen LogP contribution in [0, 0.1) is 12.8 Å². The predicted octanol–water partition coefficient (Wildman–Crippen LogP) is 2.20. The molecule has 0 aliphatic heterocycles. The van der Waals surface area contributed by atoms with Crippen molar-refractivity contribution in [2.24, 2.45) is 5.92 Å². The minimum Gasteiger partial charge on any atom is -0.496 e. The van der Waals surface area contributed by atoms with E-state index in [0.29, 0.717) is 6.42 Å². The molecule has 0 bridgehead atoms. The van der Waals surface area contributed by atoms with Crippen molar-refractivity contribution >= 4 is 5.97 Å². The van der Waals surface area contributed by atoms with Gasteiger partial charge in [-0.3, -0.25) is 4.79 Å². The smallest absolute Gasteiger partial charge is 0.307 e. The molecule has 17 heavy (non-hydrogen) atoms. The Balaban J connectivity index is 2.36. The first kappa shape index (κ1) is 11.8. The normalized spacial score (nSPS) is 22.1. The number of benzene rings is 1. The van der Waals surface area contributed by atoms with Gasteiger partial charge in [-0.15, -0.1) is 0 Å². The van der Waals surface area contributed by atoms with Gasteiger partial charge in [0.15, 0.2) is 0 Å². The minimum atomic E-state index is -0.731. The molecular weight excluding hydrogens is 220 g/mol. The monoisotopic (exact) mass is 236 g/mol. The molecule has 1 aromatic rings. The van der Waals surface area contributed by atoms with Crippen molar-refractivity contribution in [2.75, 3.05) is 14.2 Å². The summed E-state index contributed by atoms with van der Waals surface area (Å²) in [7, 11) is 3.21. The van der Waals surface area contributed by atoms with Gasteiger partial charge in [-0.25, -0.2) is 0 Å². The third kappa shape index (κ3) is 1.95. The van der Waals surface area contributed by atoms with E-state index in [1.54, 1.807) is 14.2 Å². The van der Waals surface area contributed by atoms with Gasteiger partial charge in [-0.05, 0) is 25.0 Å². The van der Waals surface area contributed by atoms with E-state index in [4.69, 9.17) is 14.6 Å². The van der Waals surface area contributed by atoms with E-state index < -0.39 is 5.97 Å². The van der Waals surface area contributed by atoms with Crippen LogP contribution >= 0.6 is 0 Å². The van der Waals surface area contributed by atoms with Gasteiger partial charge in [-0.1, -0.05) is 6.07 Å². The molecule has 4 nitrogen and oxygen atoms in total. The highest BCUT2D eigenvalue weighted by Gasteiger charge is 2.45. The molecule has 1 aliphatic rings. The Labute approximate surface area is 100 Å². The van der Waals surface area contributed by atoms with E-state index in [-0.39, 0.29) is 11.8 Å². The van der Waals surface area contributed by atoms with Gasteiger partial charge < -0.3 is 14.6 Å². The van der Waals surface area contributed by atoms with Crippen LogP contribution in [-0.2, 0) is 4.79 Å². The third-order valence-corrected chi connectivity index (χ3v) is 3.32. The van der Waals surface area contributed by atoms with Crippen molar-refractivity contribution in [1.29, 1.82) is 0 Å². The van der Waals surface area contributed by atoms with E-state index in [9.17, 15) is 4.79 Å². The van der Waals surface area contributed by atoms with Crippen molar-refractivity contribution in [2.45, 2.75) is 19.3 Å². The molecule has 1 saturated carbocycles.